The number of aromatic nitrogens is 1. The molecule has 0 aliphatic heterocycles. The zero-order valence-electron chi connectivity index (χ0n) is 11.0. The van der Waals surface area contributed by atoms with Crippen LogP contribution in [-0.2, 0) is 6.54 Å². The Bertz CT molecular complexity index is 426. The highest BCUT2D eigenvalue weighted by atomic mass is 32.1. The van der Waals surface area contributed by atoms with Crippen LogP contribution in [0.1, 0.15) is 35.8 Å². The van der Waals surface area contributed by atoms with E-state index in [2.05, 4.69) is 10.3 Å². The molecule has 3 nitrogen and oxygen atoms in total. The number of alkyl halides is 3. The summed E-state index contributed by atoms with van der Waals surface area (Å²) in [4.78, 5) is 7.28. The first-order chi connectivity index (χ1) is 8.90. The summed E-state index contributed by atoms with van der Waals surface area (Å²) in [5.41, 5.74) is 1.08. The van der Waals surface area contributed by atoms with Crippen LogP contribution in [0.25, 0.3) is 0 Å². The van der Waals surface area contributed by atoms with Gasteiger partial charge in [0.25, 0.3) is 0 Å². The van der Waals surface area contributed by atoms with Crippen molar-refractivity contribution in [2.75, 3.05) is 25.5 Å². The normalized spacial score (nSPS) is 15.8. The van der Waals surface area contributed by atoms with Crippen molar-refractivity contribution < 1.29 is 13.2 Å². The van der Waals surface area contributed by atoms with E-state index in [1.165, 1.54) is 11.3 Å². The summed E-state index contributed by atoms with van der Waals surface area (Å²) in [6.45, 7) is 0.691. The van der Waals surface area contributed by atoms with Gasteiger partial charge in [-0.05, 0) is 19.9 Å². The van der Waals surface area contributed by atoms with Gasteiger partial charge in [-0.2, -0.15) is 13.2 Å². The largest absolute Gasteiger partial charge is 0.390 e. The second-order valence-corrected chi connectivity index (χ2v) is 5.96. The van der Waals surface area contributed by atoms with Crippen LogP contribution >= 0.6 is 11.3 Å². The van der Waals surface area contributed by atoms with Crippen LogP contribution in [0.2, 0.25) is 0 Å². The van der Waals surface area contributed by atoms with Crippen LogP contribution in [-0.4, -0.2) is 31.8 Å². The van der Waals surface area contributed by atoms with Gasteiger partial charge in [0.05, 0.1) is 12.1 Å². The first-order valence-corrected chi connectivity index (χ1v) is 7.14. The lowest BCUT2D eigenvalue weighted by Gasteiger charge is -2.16. The van der Waals surface area contributed by atoms with E-state index in [0.29, 0.717) is 11.0 Å². The summed E-state index contributed by atoms with van der Waals surface area (Å²) in [5.74, 6) is 0.518. The Kier molecular flexibility index (Phi) is 4.35. The van der Waals surface area contributed by atoms with E-state index >= 15 is 0 Å². The molecule has 0 atom stereocenters. The minimum Gasteiger partial charge on any atom is -0.351 e. The van der Waals surface area contributed by atoms with Gasteiger partial charge in [-0.1, -0.05) is 0 Å². The van der Waals surface area contributed by atoms with Gasteiger partial charge >= 0.3 is 6.18 Å². The molecule has 0 unspecified atom stereocenters. The molecule has 0 saturated heterocycles. The number of nitrogens with one attached hydrogen (secondary N) is 1. The van der Waals surface area contributed by atoms with Gasteiger partial charge < -0.3 is 10.2 Å². The van der Waals surface area contributed by atoms with Gasteiger partial charge in [0.2, 0.25) is 0 Å². The first kappa shape index (κ1) is 14.6. The fourth-order valence-corrected chi connectivity index (χ4v) is 3.01. The molecule has 2 rings (SSSR count). The molecule has 1 heterocycles. The third-order valence-corrected chi connectivity index (χ3v) is 4.26. The summed E-state index contributed by atoms with van der Waals surface area (Å²) in [6, 6.07) is 0. The second-order valence-electron chi connectivity index (χ2n) is 4.90. The van der Waals surface area contributed by atoms with E-state index < -0.39 is 12.6 Å². The molecule has 1 fully saturated rings. The molecule has 1 saturated carbocycles. The maximum atomic E-state index is 12.2. The maximum absolute atomic E-state index is 12.2. The van der Waals surface area contributed by atoms with Crippen molar-refractivity contribution in [2.45, 2.75) is 37.9 Å². The van der Waals surface area contributed by atoms with E-state index in [-0.39, 0.29) is 6.54 Å². The second kappa shape index (κ2) is 5.66. The molecule has 19 heavy (non-hydrogen) atoms. The summed E-state index contributed by atoms with van der Waals surface area (Å²) in [6.07, 6.45) is -2.62. The van der Waals surface area contributed by atoms with E-state index in [4.69, 9.17) is 0 Å². The van der Waals surface area contributed by atoms with Crippen LogP contribution in [0.4, 0.5) is 18.3 Å². The highest BCUT2D eigenvalue weighted by Crippen LogP contribution is 2.44. The highest BCUT2D eigenvalue weighted by molar-refractivity contribution is 7.15. The molecule has 0 aromatic carbocycles. The number of hydrogen-bond donors (Lipinski definition) is 1. The zero-order chi connectivity index (χ0) is 14.0. The SMILES string of the molecule is CNCc1sc(N(C)CCC(F)(F)F)nc1C1CC1. The Hall–Kier alpha value is -0.820. The maximum Gasteiger partial charge on any atom is 0.390 e. The van der Waals surface area contributed by atoms with Crippen LogP contribution in [0.15, 0.2) is 0 Å². The Morgan fingerprint density at radius 2 is 2.11 bits per heavy atom. The Morgan fingerprint density at radius 3 is 2.63 bits per heavy atom. The number of halogens is 3. The molecule has 108 valence electrons. The minimum atomic E-state index is -4.11. The highest BCUT2D eigenvalue weighted by Gasteiger charge is 2.31. The zero-order valence-corrected chi connectivity index (χ0v) is 11.9. The lowest BCUT2D eigenvalue weighted by Crippen LogP contribution is -2.23. The number of thiazole rings is 1. The smallest absolute Gasteiger partial charge is 0.351 e. The third kappa shape index (κ3) is 4.07. The van der Waals surface area contributed by atoms with Gasteiger partial charge in [-0.15, -0.1) is 11.3 Å². The Labute approximate surface area is 114 Å². The third-order valence-electron chi connectivity index (χ3n) is 3.07. The van der Waals surface area contributed by atoms with Crippen LogP contribution in [0.3, 0.4) is 0 Å². The number of nitrogens with zero attached hydrogens (tertiary/aromatic N) is 2. The fraction of sp³-hybridized carbons (Fsp3) is 0.750. The van der Waals surface area contributed by atoms with Crippen molar-refractivity contribution >= 4 is 16.5 Å². The standard InChI is InChI=1S/C12H18F3N3S/c1-16-7-9-10(8-3-4-8)17-11(19-9)18(2)6-5-12(13,14)15/h8,16H,3-7H2,1-2H3. The van der Waals surface area contributed by atoms with E-state index in [0.717, 1.165) is 30.0 Å². The topological polar surface area (TPSA) is 28.2 Å². The lowest BCUT2D eigenvalue weighted by molar-refractivity contribution is -0.132. The average molecular weight is 293 g/mol. The Morgan fingerprint density at radius 1 is 1.42 bits per heavy atom. The van der Waals surface area contributed by atoms with Gasteiger partial charge in [0, 0.05) is 30.9 Å². The summed E-state index contributed by atoms with van der Waals surface area (Å²) < 4.78 is 36.7. The molecule has 1 N–H and O–H groups in total. The molecule has 0 bridgehead atoms. The van der Waals surface area contributed by atoms with Crippen LogP contribution in [0, 0.1) is 0 Å². The number of hydrogen-bond acceptors (Lipinski definition) is 4. The van der Waals surface area contributed by atoms with E-state index in [9.17, 15) is 13.2 Å². The fourth-order valence-electron chi connectivity index (χ4n) is 1.87. The predicted octanol–water partition coefficient (Wildman–Crippen LogP) is 3.13. The number of rotatable bonds is 6. The van der Waals surface area contributed by atoms with Crippen molar-refractivity contribution in [1.82, 2.24) is 10.3 Å². The van der Waals surface area contributed by atoms with E-state index in [1.807, 2.05) is 7.05 Å². The molecule has 7 heteroatoms. The van der Waals surface area contributed by atoms with E-state index in [1.54, 1.807) is 11.9 Å². The van der Waals surface area contributed by atoms with Crippen molar-refractivity contribution in [3.63, 3.8) is 0 Å². The predicted molar refractivity (Wildman–Crippen MR) is 70.8 cm³/mol. The van der Waals surface area contributed by atoms with Gasteiger partial charge in [0.1, 0.15) is 0 Å². The molecule has 0 spiro atoms. The Balaban J connectivity index is 2.04. The molecule has 1 aliphatic carbocycles. The quantitative estimate of drug-likeness (QED) is 0.873. The average Bonchev–Trinajstić information content (AvgIpc) is 3.08. The van der Waals surface area contributed by atoms with Crippen LogP contribution < -0.4 is 10.2 Å². The van der Waals surface area contributed by atoms with Gasteiger partial charge in [-0.25, -0.2) is 4.98 Å². The van der Waals surface area contributed by atoms with Crippen molar-refractivity contribution in [2.24, 2.45) is 0 Å². The van der Waals surface area contributed by atoms with Gasteiger partial charge in [0.15, 0.2) is 5.13 Å². The lowest BCUT2D eigenvalue weighted by atomic mass is 10.2. The van der Waals surface area contributed by atoms with Gasteiger partial charge in [-0.3, -0.25) is 0 Å². The molecule has 1 aromatic rings. The summed E-state index contributed by atoms with van der Waals surface area (Å²) in [7, 11) is 3.54. The van der Waals surface area contributed by atoms with Crippen molar-refractivity contribution in [1.29, 1.82) is 0 Å². The van der Waals surface area contributed by atoms with Crippen molar-refractivity contribution in [3.05, 3.63) is 10.6 Å². The first-order valence-electron chi connectivity index (χ1n) is 6.33. The van der Waals surface area contributed by atoms with Crippen molar-refractivity contribution in [3.8, 4) is 0 Å². The molecule has 1 aromatic heterocycles. The molecule has 0 amide bonds. The minimum absolute atomic E-state index is 0.0416. The summed E-state index contributed by atoms with van der Waals surface area (Å²) >= 11 is 1.50. The molecule has 1 aliphatic rings. The molecule has 0 radical (unpaired) electrons. The summed E-state index contributed by atoms with van der Waals surface area (Å²) in [5, 5.41) is 3.78. The van der Waals surface area contributed by atoms with Crippen LogP contribution in [0.5, 0.6) is 0 Å². The molecular formula is C12H18F3N3S. The monoisotopic (exact) mass is 293 g/mol. The molecular weight excluding hydrogens is 275 g/mol. The number of anilines is 1.